The molecule has 9 N–H and O–H groups in total. The first kappa shape index (κ1) is 28.0. The summed E-state index contributed by atoms with van der Waals surface area (Å²) in [6.45, 7) is 1.20. The fourth-order valence-corrected chi connectivity index (χ4v) is 2.91. The summed E-state index contributed by atoms with van der Waals surface area (Å²) in [5, 5.41) is 25.5. The molecule has 0 spiro atoms. The van der Waals surface area contributed by atoms with E-state index >= 15 is 0 Å². The first-order chi connectivity index (χ1) is 13.9. The van der Waals surface area contributed by atoms with E-state index < -0.39 is 66.3 Å². The van der Waals surface area contributed by atoms with E-state index in [2.05, 4.69) is 28.6 Å². The van der Waals surface area contributed by atoms with Gasteiger partial charge in [-0.15, -0.1) is 0 Å². The van der Waals surface area contributed by atoms with Crippen LogP contribution in [0.4, 0.5) is 0 Å². The molecule has 0 fully saturated rings. The largest absolute Gasteiger partial charge is 0.480 e. The number of carboxylic acids is 1. The molecule has 5 atom stereocenters. The molecule has 0 aliphatic carbocycles. The molecular weight excluding hydrogens is 438 g/mol. The fraction of sp³-hybridized carbons (Fsp3) is 0.688. The number of rotatable bonds is 14. The Labute approximate surface area is 183 Å². The van der Waals surface area contributed by atoms with Crippen molar-refractivity contribution in [2.24, 2.45) is 11.5 Å². The van der Waals surface area contributed by atoms with Crippen LogP contribution in [-0.4, -0.2) is 87.8 Å². The highest BCUT2D eigenvalue weighted by atomic mass is 32.2. The summed E-state index contributed by atoms with van der Waals surface area (Å²) < 4.78 is 0. The first-order valence-electron chi connectivity index (χ1n) is 8.90. The summed E-state index contributed by atoms with van der Waals surface area (Å²) in [6, 6.07) is -5.28. The number of hydrogen-bond acceptors (Lipinski definition) is 9. The number of nitrogens with two attached hydrogens (primary N) is 2. The maximum atomic E-state index is 12.6. The smallest absolute Gasteiger partial charge is 0.327 e. The SMILES string of the molecule is CSCCC(N)C(=O)NC(CC(N)=O)C(=O)NC(C(=O)NC(CS)C(=O)O)C(C)O. The number of aliphatic hydroxyl groups is 1. The minimum atomic E-state index is -1.56. The zero-order valence-corrected chi connectivity index (χ0v) is 18.4. The Morgan fingerprint density at radius 1 is 1.03 bits per heavy atom. The van der Waals surface area contributed by atoms with Gasteiger partial charge in [0.15, 0.2) is 0 Å². The second kappa shape index (κ2) is 14.1. The van der Waals surface area contributed by atoms with E-state index in [1.807, 2.05) is 6.26 Å². The van der Waals surface area contributed by atoms with E-state index in [1.54, 1.807) is 0 Å². The molecule has 0 heterocycles. The molecule has 0 bridgehead atoms. The highest BCUT2D eigenvalue weighted by molar-refractivity contribution is 7.98. The van der Waals surface area contributed by atoms with Crippen molar-refractivity contribution in [3.05, 3.63) is 0 Å². The Hall–Kier alpha value is -2.03. The van der Waals surface area contributed by atoms with Gasteiger partial charge in [-0.3, -0.25) is 19.2 Å². The number of carbonyl (C=O) groups excluding carboxylic acids is 4. The average molecular weight is 468 g/mol. The number of aliphatic carboxylic acids is 1. The minimum Gasteiger partial charge on any atom is -0.480 e. The number of amides is 4. The van der Waals surface area contributed by atoms with E-state index in [0.717, 1.165) is 0 Å². The molecule has 0 aromatic carbocycles. The molecule has 12 nitrogen and oxygen atoms in total. The Balaban J connectivity index is 5.31. The molecule has 172 valence electrons. The predicted octanol–water partition coefficient (Wildman–Crippen LogP) is -3.21. The lowest BCUT2D eigenvalue weighted by molar-refractivity contribution is -0.142. The third-order valence-electron chi connectivity index (χ3n) is 3.87. The Morgan fingerprint density at radius 2 is 1.60 bits per heavy atom. The average Bonchev–Trinajstić information content (AvgIpc) is 2.66. The van der Waals surface area contributed by atoms with Crippen molar-refractivity contribution >= 4 is 54.0 Å². The van der Waals surface area contributed by atoms with E-state index in [1.165, 1.54) is 18.7 Å². The summed E-state index contributed by atoms with van der Waals surface area (Å²) >= 11 is 5.29. The summed E-state index contributed by atoms with van der Waals surface area (Å²) in [4.78, 5) is 59.4. The monoisotopic (exact) mass is 467 g/mol. The van der Waals surface area contributed by atoms with Crippen molar-refractivity contribution in [1.29, 1.82) is 0 Å². The highest BCUT2D eigenvalue weighted by Gasteiger charge is 2.33. The molecule has 0 aromatic heterocycles. The van der Waals surface area contributed by atoms with E-state index in [4.69, 9.17) is 16.6 Å². The molecule has 4 amide bonds. The number of nitrogens with one attached hydrogen (secondary N) is 3. The quantitative estimate of drug-likeness (QED) is 0.120. The Bertz CT molecular complexity index is 635. The summed E-state index contributed by atoms with van der Waals surface area (Å²) in [7, 11) is 0. The zero-order valence-electron chi connectivity index (χ0n) is 16.7. The van der Waals surface area contributed by atoms with Gasteiger partial charge in [-0.2, -0.15) is 24.4 Å². The van der Waals surface area contributed by atoms with Crippen LogP contribution in [0.2, 0.25) is 0 Å². The van der Waals surface area contributed by atoms with Gasteiger partial charge in [0, 0.05) is 5.75 Å². The van der Waals surface area contributed by atoms with Gasteiger partial charge < -0.3 is 37.6 Å². The number of hydrogen-bond donors (Lipinski definition) is 8. The van der Waals surface area contributed by atoms with Crippen LogP contribution in [0.3, 0.4) is 0 Å². The molecule has 0 aliphatic heterocycles. The van der Waals surface area contributed by atoms with Gasteiger partial charge in [0.25, 0.3) is 0 Å². The van der Waals surface area contributed by atoms with Gasteiger partial charge in [-0.25, -0.2) is 4.79 Å². The molecule has 0 saturated carbocycles. The lowest BCUT2D eigenvalue weighted by Crippen LogP contribution is -2.60. The third-order valence-corrected chi connectivity index (χ3v) is 4.88. The summed E-state index contributed by atoms with van der Waals surface area (Å²) in [5.74, 6) is -4.53. The lowest BCUT2D eigenvalue weighted by atomic mass is 10.1. The van der Waals surface area contributed by atoms with Crippen LogP contribution in [-0.2, 0) is 24.0 Å². The summed E-state index contributed by atoms with van der Waals surface area (Å²) in [6.07, 6.45) is 0.168. The predicted molar refractivity (Wildman–Crippen MR) is 114 cm³/mol. The molecule has 30 heavy (non-hydrogen) atoms. The molecular formula is C16H29N5O7S2. The highest BCUT2D eigenvalue weighted by Crippen LogP contribution is 2.03. The van der Waals surface area contributed by atoms with Crippen LogP contribution in [0.1, 0.15) is 19.8 Å². The van der Waals surface area contributed by atoms with Gasteiger partial charge in [-0.05, 0) is 25.4 Å². The van der Waals surface area contributed by atoms with Crippen molar-refractivity contribution < 1.29 is 34.2 Å². The van der Waals surface area contributed by atoms with Crippen LogP contribution in [0.5, 0.6) is 0 Å². The van der Waals surface area contributed by atoms with Gasteiger partial charge in [-0.1, -0.05) is 0 Å². The topological polar surface area (TPSA) is 214 Å². The van der Waals surface area contributed by atoms with Crippen LogP contribution in [0, 0.1) is 0 Å². The Kier molecular flexibility index (Phi) is 13.1. The van der Waals surface area contributed by atoms with Crippen LogP contribution in [0.15, 0.2) is 0 Å². The van der Waals surface area contributed by atoms with Crippen molar-refractivity contribution in [2.75, 3.05) is 17.8 Å². The molecule has 0 rings (SSSR count). The molecule has 0 aromatic rings. The lowest BCUT2D eigenvalue weighted by Gasteiger charge is -2.26. The number of primary amides is 1. The normalized spacial score (nSPS) is 15.8. The number of thioether (sulfide) groups is 1. The third kappa shape index (κ3) is 10.1. The van der Waals surface area contributed by atoms with Crippen LogP contribution < -0.4 is 27.4 Å². The zero-order chi connectivity index (χ0) is 23.4. The number of carboxylic acid groups (broad SMARTS) is 1. The van der Waals surface area contributed by atoms with Crippen molar-refractivity contribution in [1.82, 2.24) is 16.0 Å². The summed E-state index contributed by atoms with van der Waals surface area (Å²) in [5.41, 5.74) is 10.9. The van der Waals surface area contributed by atoms with E-state index in [9.17, 15) is 29.1 Å². The molecule has 0 aliphatic rings. The van der Waals surface area contributed by atoms with Gasteiger partial charge >= 0.3 is 5.97 Å². The molecule has 0 radical (unpaired) electrons. The molecule has 0 saturated heterocycles. The standard InChI is InChI=1S/C16H29N5O7S2/c1-7(22)12(15(26)20-10(6-29)16(27)28)21-14(25)9(5-11(18)23)19-13(24)8(17)3-4-30-2/h7-10,12,22,29H,3-6,17H2,1-2H3,(H2,18,23)(H,19,24)(H,20,26)(H,21,25)(H,27,28). The fourth-order valence-electron chi connectivity index (χ4n) is 2.17. The van der Waals surface area contributed by atoms with Crippen molar-refractivity contribution in [3.63, 3.8) is 0 Å². The Morgan fingerprint density at radius 3 is 2.03 bits per heavy atom. The molecule has 14 heteroatoms. The first-order valence-corrected chi connectivity index (χ1v) is 10.9. The number of carbonyl (C=O) groups is 5. The number of aliphatic hydroxyl groups excluding tert-OH is 1. The van der Waals surface area contributed by atoms with E-state index in [-0.39, 0.29) is 5.75 Å². The second-order valence-corrected chi connectivity index (χ2v) is 7.78. The van der Waals surface area contributed by atoms with Crippen LogP contribution >= 0.6 is 24.4 Å². The van der Waals surface area contributed by atoms with Crippen molar-refractivity contribution in [3.8, 4) is 0 Å². The van der Waals surface area contributed by atoms with Gasteiger partial charge in [0.05, 0.1) is 18.6 Å². The molecule has 5 unspecified atom stereocenters. The second-order valence-electron chi connectivity index (χ2n) is 6.43. The maximum absolute atomic E-state index is 12.6. The van der Waals surface area contributed by atoms with Crippen LogP contribution in [0.25, 0.3) is 0 Å². The minimum absolute atomic E-state index is 0.226. The van der Waals surface area contributed by atoms with Gasteiger partial charge in [0.2, 0.25) is 23.6 Å². The maximum Gasteiger partial charge on any atom is 0.327 e. The van der Waals surface area contributed by atoms with E-state index in [0.29, 0.717) is 12.2 Å². The van der Waals surface area contributed by atoms with Gasteiger partial charge in [0.1, 0.15) is 18.1 Å². The number of thiol groups is 1. The van der Waals surface area contributed by atoms with Crippen molar-refractivity contribution in [2.45, 2.75) is 50.0 Å².